The van der Waals surface area contributed by atoms with Crippen molar-refractivity contribution in [3.8, 4) is 5.75 Å². The molecule has 2 rings (SSSR count). The number of benzene rings is 1. The van der Waals surface area contributed by atoms with E-state index in [0.717, 1.165) is 35.5 Å². The molecule has 4 nitrogen and oxygen atoms in total. The lowest BCUT2D eigenvalue weighted by atomic mass is 10.0. The molecule has 0 fully saturated rings. The van der Waals surface area contributed by atoms with Gasteiger partial charge in [-0.2, -0.15) is 0 Å². The van der Waals surface area contributed by atoms with Crippen molar-refractivity contribution in [2.24, 2.45) is 0 Å². The Bertz CT molecular complexity index is 509. The Morgan fingerprint density at radius 1 is 1.45 bits per heavy atom. The molecule has 1 amide bonds. The predicted octanol–water partition coefficient (Wildman–Crippen LogP) is 2.50. The lowest BCUT2D eigenvalue weighted by Crippen LogP contribution is -2.26. The van der Waals surface area contributed by atoms with Gasteiger partial charge in [0, 0.05) is 30.8 Å². The number of fused-ring (bicyclic) bond motifs is 1. The van der Waals surface area contributed by atoms with Crippen LogP contribution in [0.1, 0.15) is 25.8 Å². The molecule has 0 atom stereocenters. The molecule has 0 radical (unpaired) electrons. The van der Waals surface area contributed by atoms with Crippen LogP contribution in [0.2, 0.25) is 0 Å². The van der Waals surface area contributed by atoms with E-state index in [2.05, 4.69) is 31.1 Å². The fourth-order valence-corrected chi connectivity index (χ4v) is 2.03. The van der Waals surface area contributed by atoms with Gasteiger partial charge in [-0.15, -0.1) is 0 Å². The van der Waals surface area contributed by atoms with Crippen LogP contribution in [0.4, 0.5) is 5.69 Å². The van der Waals surface area contributed by atoms with Crippen molar-refractivity contribution < 1.29 is 9.53 Å². The van der Waals surface area contributed by atoms with Gasteiger partial charge in [0.1, 0.15) is 12.4 Å². The van der Waals surface area contributed by atoms with Gasteiger partial charge >= 0.3 is 0 Å². The summed E-state index contributed by atoms with van der Waals surface area (Å²) in [6.45, 7) is 9.41. The molecule has 1 aliphatic heterocycles. The molecule has 20 heavy (non-hydrogen) atoms. The molecule has 2 N–H and O–H groups in total. The number of carbonyl (C=O) groups excluding carboxylic acids is 1. The molecule has 0 bridgehead atoms. The van der Waals surface area contributed by atoms with Gasteiger partial charge in [0.25, 0.3) is 0 Å². The topological polar surface area (TPSA) is 50.4 Å². The van der Waals surface area contributed by atoms with Crippen molar-refractivity contribution in [1.29, 1.82) is 0 Å². The van der Waals surface area contributed by atoms with Crippen LogP contribution < -0.4 is 15.4 Å². The van der Waals surface area contributed by atoms with E-state index >= 15 is 0 Å². The van der Waals surface area contributed by atoms with Crippen molar-refractivity contribution in [2.45, 2.75) is 32.7 Å². The maximum absolute atomic E-state index is 11.4. The lowest BCUT2D eigenvalue weighted by Gasteiger charge is -2.18. The summed E-state index contributed by atoms with van der Waals surface area (Å²) >= 11 is 0. The van der Waals surface area contributed by atoms with Gasteiger partial charge in [0.2, 0.25) is 5.91 Å². The Balaban J connectivity index is 1.89. The number of hydrogen-bond acceptors (Lipinski definition) is 3. The summed E-state index contributed by atoms with van der Waals surface area (Å²) < 4.78 is 5.71. The van der Waals surface area contributed by atoms with Crippen molar-refractivity contribution in [3.63, 3.8) is 0 Å². The molecule has 0 saturated heterocycles. The summed E-state index contributed by atoms with van der Waals surface area (Å²) in [5.74, 6) is 0.830. The number of amides is 1. The second-order valence-electron chi connectivity index (χ2n) is 5.44. The van der Waals surface area contributed by atoms with E-state index in [1.54, 1.807) is 0 Å². The average Bonchev–Trinajstić information content (AvgIpc) is 2.42. The van der Waals surface area contributed by atoms with Crippen molar-refractivity contribution in [3.05, 3.63) is 35.9 Å². The molecule has 0 aliphatic carbocycles. The SMILES string of the molecule is C=C(CNC(C)C)COc1ccc2c(c1)NC(=O)CC2. The lowest BCUT2D eigenvalue weighted by molar-refractivity contribution is -0.116. The second kappa shape index (κ2) is 6.57. The number of ether oxygens (including phenoxy) is 1. The van der Waals surface area contributed by atoms with Crippen molar-refractivity contribution in [1.82, 2.24) is 5.32 Å². The third kappa shape index (κ3) is 4.10. The van der Waals surface area contributed by atoms with E-state index in [1.807, 2.05) is 18.2 Å². The fraction of sp³-hybridized carbons (Fsp3) is 0.438. The standard InChI is InChI=1S/C16H22N2O2/c1-11(2)17-9-12(3)10-20-14-6-4-13-5-7-16(19)18-15(13)8-14/h4,6,8,11,17H,3,5,7,9-10H2,1-2H3,(H,18,19). The highest BCUT2D eigenvalue weighted by Crippen LogP contribution is 2.27. The molecular formula is C16H22N2O2. The Morgan fingerprint density at radius 3 is 3.00 bits per heavy atom. The quantitative estimate of drug-likeness (QED) is 0.784. The average molecular weight is 274 g/mol. The number of carbonyl (C=O) groups is 1. The van der Waals surface area contributed by atoms with Gasteiger partial charge in [-0.25, -0.2) is 0 Å². The first-order chi connectivity index (χ1) is 9.54. The van der Waals surface area contributed by atoms with Gasteiger partial charge in [0.05, 0.1) is 0 Å². The minimum absolute atomic E-state index is 0.0696. The van der Waals surface area contributed by atoms with E-state index in [1.165, 1.54) is 0 Å². The Hall–Kier alpha value is -1.81. The monoisotopic (exact) mass is 274 g/mol. The van der Waals surface area contributed by atoms with Gasteiger partial charge < -0.3 is 15.4 Å². The molecule has 1 aliphatic rings. The largest absolute Gasteiger partial charge is 0.489 e. The molecule has 0 aromatic heterocycles. The zero-order chi connectivity index (χ0) is 14.5. The predicted molar refractivity (Wildman–Crippen MR) is 81.2 cm³/mol. The van der Waals surface area contributed by atoms with E-state index < -0.39 is 0 Å². The number of nitrogens with one attached hydrogen (secondary N) is 2. The molecule has 1 aromatic carbocycles. The van der Waals surface area contributed by atoms with E-state index in [-0.39, 0.29) is 5.91 Å². The zero-order valence-electron chi connectivity index (χ0n) is 12.2. The van der Waals surface area contributed by atoms with Crippen molar-refractivity contribution >= 4 is 11.6 Å². The molecule has 4 heteroatoms. The summed E-state index contributed by atoms with van der Waals surface area (Å²) in [6.07, 6.45) is 1.36. The van der Waals surface area contributed by atoms with Gasteiger partial charge in [-0.05, 0) is 23.6 Å². The maximum Gasteiger partial charge on any atom is 0.224 e. The summed E-state index contributed by atoms with van der Waals surface area (Å²) in [6, 6.07) is 6.28. The zero-order valence-corrected chi connectivity index (χ0v) is 12.2. The normalized spacial score (nSPS) is 13.8. The first-order valence-electron chi connectivity index (χ1n) is 7.00. The van der Waals surface area contributed by atoms with Crippen LogP contribution in [0.15, 0.2) is 30.4 Å². The number of anilines is 1. The van der Waals surface area contributed by atoms with E-state index in [9.17, 15) is 4.79 Å². The minimum atomic E-state index is 0.0696. The molecule has 108 valence electrons. The Kier molecular flexibility index (Phi) is 4.79. The fourth-order valence-electron chi connectivity index (χ4n) is 2.03. The minimum Gasteiger partial charge on any atom is -0.489 e. The summed E-state index contributed by atoms with van der Waals surface area (Å²) in [5, 5.41) is 6.17. The molecule has 0 saturated carbocycles. The van der Waals surface area contributed by atoms with Gasteiger partial charge in [-0.1, -0.05) is 26.5 Å². The maximum atomic E-state index is 11.4. The number of rotatable bonds is 6. The van der Waals surface area contributed by atoms with Crippen LogP contribution in [0.25, 0.3) is 0 Å². The Labute approximate surface area is 120 Å². The van der Waals surface area contributed by atoms with E-state index in [4.69, 9.17) is 4.74 Å². The summed E-state index contributed by atoms with van der Waals surface area (Å²) in [5.41, 5.74) is 3.03. The third-order valence-electron chi connectivity index (χ3n) is 3.18. The number of hydrogen-bond donors (Lipinski definition) is 2. The second-order valence-corrected chi connectivity index (χ2v) is 5.44. The third-order valence-corrected chi connectivity index (χ3v) is 3.18. The van der Waals surface area contributed by atoms with Crippen molar-refractivity contribution in [2.75, 3.05) is 18.5 Å². The molecular weight excluding hydrogens is 252 g/mol. The van der Waals surface area contributed by atoms with E-state index in [0.29, 0.717) is 19.1 Å². The van der Waals surface area contributed by atoms with Crippen LogP contribution in [-0.2, 0) is 11.2 Å². The first-order valence-corrected chi connectivity index (χ1v) is 7.00. The smallest absolute Gasteiger partial charge is 0.224 e. The number of aryl methyl sites for hydroxylation is 1. The molecule has 1 aromatic rings. The van der Waals surface area contributed by atoms with Crippen LogP contribution in [0.5, 0.6) is 5.75 Å². The highest BCUT2D eigenvalue weighted by atomic mass is 16.5. The van der Waals surface area contributed by atoms with Crippen LogP contribution >= 0.6 is 0 Å². The molecule has 0 unspecified atom stereocenters. The summed E-state index contributed by atoms with van der Waals surface area (Å²) in [4.78, 5) is 11.4. The van der Waals surface area contributed by atoms with Crippen LogP contribution in [-0.4, -0.2) is 25.1 Å². The summed E-state index contributed by atoms with van der Waals surface area (Å²) in [7, 11) is 0. The first kappa shape index (κ1) is 14.6. The molecule has 0 spiro atoms. The Morgan fingerprint density at radius 2 is 2.25 bits per heavy atom. The highest BCUT2D eigenvalue weighted by Gasteiger charge is 2.15. The van der Waals surface area contributed by atoms with Crippen LogP contribution in [0.3, 0.4) is 0 Å². The van der Waals surface area contributed by atoms with Crippen LogP contribution in [0, 0.1) is 0 Å². The molecule has 1 heterocycles. The highest BCUT2D eigenvalue weighted by molar-refractivity contribution is 5.94. The van der Waals surface area contributed by atoms with Gasteiger partial charge in [0.15, 0.2) is 0 Å². The van der Waals surface area contributed by atoms with Gasteiger partial charge in [-0.3, -0.25) is 4.79 Å².